The fourth-order valence-electron chi connectivity index (χ4n) is 2.25. The second-order valence-corrected chi connectivity index (χ2v) is 4.57. The third kappa shape index (κ3) is 1.90. The molecule has 3 heteroatoms. The number of hydrogen-bond donors (Lipinski definition) is 2. The molecule has 0 aliphatic heterocycles. The molecule has 1 aliphatic rings. The number of aliphatic hydroxyl groups is 1. The Balaban J connectivity index is 2.14. The number of hydrogen-bond acceptors (Lipinski definition) is 2. The van der Waals surface area contributed by atoms with Gasteiger partial charge in [0.05, 0.1) is 6.10 Å². The van der Waals surface area contributed by atoms with E-state index in [1.807, 2.05) is 6.92 Å². The van der Waals surface area contributed by atoms with Crippen molar-refractivity contribution >= 4 is 0 Å². The predicted octanol–water partition coefficient (Wildman–Crippen LogP) is 1.78. The molecule has 0 radical (unpaired) electrons. The summed E-state index contributed by atoms with van der Waals surface area (Å²) in [5, 5.41) is 9.28. The van der Waals surface area contributed by atoms with Crippen LogP contribution in [0.4, 0.5) is 4.39 Å². The minimum absolute atomic E-state index is 0.154. The van der Waals surface area contributed by atoms with E-state index in [1.165, 1.54) is 12.1 Å². The van der Waals surface area contributed by atoms with Gasteiger partial charge in [-0.2, -0.15) is 0 Å². The molecule has 1 aliphatic carbocycles. The van der Waals surface area contributed by atoms with Crippen LogP contribution in [0.5, 0.6) is 0 Å². The topological polar surface area (TPSA) is 46.2 Å². The summed E-state index contributed by atoms with van der Waals surface area (Å²) in [5.74, 6) is -0.0767. The zero-order chi connectivity index (χ0) is 11.1. The Hall–Kier alpha value is -0.930. The molecule has 0 heterocycles. The normalized spacial score (nSPS) is 32.1. The van der Waals surface area contributed by atoms with Gasteiger partial charge in [-0.1, -0.05) is 19.1 Å². The van der Waals surface area contributed by atoms with Crippen molar-refractivity contribution in [3.05, 3.63) is 35.6 Å². The van der Waals surface area contributed by atoms with Crippen LogP contribution in [-0.2, 0) is 0 Å². The van der Waals surface area contributed by atoms with Gasteiger partial charge in [-0.25, -0.2) is 4.39 Å². The number of benzene rings is 1. The summed E-state index contributed by atoms with van der Waals surface area (Å²) in [6, 6.07) is 6.42. The summed E-state index contributed by atoms with van der Waals surface area (Å²) < 4.78 is 12.7. The highest BCUT2D eigenvalue weighted by Crippen LogP contribution is 2.41. The zero-order valence-electron chi connectivity index (χ0n) is 8.78. The van der Waals surface area contributed by atoms with Gasteiger partial charge in [0.2, 0.25) is 0 Å². The van der Waals surface area contributed by atoms with E-state index < -0.39 is 0 Å². The van der Waals surface area contributed by atoms with E-state index in [4.69, 9.17) is 5.73 Å². The first-order valence-corrected chi connectivity index (χ1v) is 5.24. The molecule has 1 saturated carbocycles. The highest BCUT2D eigenvalue weighted by atomic mass is 19.1. The van der Waals surface area contributed by atoms with Gasteiger partial charge in [0.25, 0.3) is 0 Å². The van der Waals surface area contributed by atoms with E-state index in [2.05, 4.69) is 0 Å². The molecule has 3 N–H and O–H groups in total. The van der Waals surface area contributed by atoms with Crippen molar-refractivity contribution in [2.45, 2.75) is 37.3 Å². The molecule has 2 nitrogen and oxygen atoms in total. The standard InChI is InChI=1S/C12H16FNO/c1-8(12(14)6-11(15)7-12)9-2-4-10(13)5-3-9/h2-5,8,11,15H,6-7,14H2,1H3. The van der Waals surface area contributed by atoms with Crippen molar-refractivity contribution < 1.29 is 9.50 Å². The lowest BCUT2D eigenvalue weighted by Gasteiger charge is -2.46. The third-order valence-corrected chi connectivity index (χ3v) is 3.46. The molecular formula is C12H16FNO. The van der Waals surface area contributed by atoms with E-state index in [9.17, 15) is 9.50 Å². The molecule has 0 aromatic heterocycles. The molecule has 82 valence electrons. The monoisotopic (exact) mass is 209 g/mol. The lowest BCUT2D eigenvalue weighted by molar-refractivity contribution is 0.0115. The van der Waals surface area contributed by atoms with Crippen LogP contribution in [0.25, 0.3) is 0 Å². The molecule has 1 fully saturated rings. The van der Waals surface area contributed by atoms with Crippen molar-refractivity contribution in [3.63, 3.8) is 0 Å². The van der Waals surface area contributed by atoms with Crippen LogP contribution in [0.1, 0.15) is 31.2 Å². The summed E-state index contributed by atoms with van der Waals surface area (Å²) in [4.78, 5) is 0. The van der Waals surface area contributed by atoms with Gasteiger partial charge in [-0.15, -0.1) is 0 Å². The van der Waals surface area contributed by atoms with Gasteiger partial charge >= 0.3 is 0 Å². The zero-order valence-corrected chi connectivity index (χ0v) is 8.78. The van der Waals surface area contributed by atoms with Crippen molar-refractivity contribution in [1.82, 2.24) is 0 Å². The largest absolute Gasteiger partial charge is 0.393 e. The van der Waals surface area contributed by atoms with Crippen LogP contribution in [0, 0.1) is 5.82 Å². The van der Waals surface area contributed by atoms with E-state index in [0.717, 1.165) is 5.56 Å². The molecule has 15 heavy (non-hydrogen) atoms. The summed E-state index contributed by atoms with van der Waals surface area (Å²) in [7, 11) is 0. The Morgan fingerprint density at radius 3 is 2.40 bits per heavy atom. The molecular weight excluding hydrogens is 193 g/mol. The van der Waals surface area contributed by atoms with Gasteiger partial charge in [-0.3, -0.25) is 0 Å². The number of nitrogens with two attached hydrogens (primary N) is 1. The molecule has 1 aromatic carbocycles. The lowest BCUT2D eigenvalue weighted by atomic mass is 9.66. The van der Waals surface area contributed by atoms with Gasteiger partial charge in [0.15, 0.2) is 0 Å². The van der Waals surface area contributed by atoms with Crippen LogP contribution >= 0.6 is 0 Å². The Labute approximate surface area is 88.9 Å². The number of rotatable bonds is 2. The maximum absolute atomic E-state index is 12.7. The summed E-state index contributed by atoms with van der Waals surface area (Å²) >= 11 is 0. The van der Waals surface area contributed by atoms with E-state index in [-0.39, 0.29) is 23.4 Å². The first-order chi connectivity index (χ1) is 7.01. The lowest BCUT2D eigenvalue weighted by Crippen LogP contribution is -2.57. The highest BCUT2D eigenvalue weighted by molar-refractivity contribution is 5.25. The van der Waals surface area contributed by atoms with Crippen LogP contribution in [0.2, 0.25) is 0 Å². The quantitative estimate of drug-likeness (QED) is 0.780. The van der Waals surface area contributed by atoms with Crippen molar-refractivity contribution in [2.24, 2.45) is 5.73 Å². The van der Waals surface area contributed by atoms with E-state index in [1.54, 1.807) is 12.1 Å². The molecule has 1 atom stereocenters. The van der Waals surface area contributed by atoms with E-state index in [0.29, 0.717) is 12.8 Å². The van der Waals surface area contributed by atoms with E-state index >= 15 is 0 Å². The van der Waals surface area contributed by atoms with Crippen LogP contribution < -0.4 is 5.73 Å². The highest BCUT2D eigenvalue weighted by Gasteiger charge is 2.44. The van der Waals surface area contributed by atoms with Gasteiger partial charge in [0, 0.05) is 5.54 Å². The molecule has 0 amide bonds. The summed E-state index contributed by atoms with van der Waals surface area (Å²) in [6.07, 6.45) is 0.995. The Morgan fingerprint density at radius 1 is 1.40 bits per heavy atom. The molecule has 1 unspecified atom stereocenters. The molecule has 0 saturated heterocycles. The minimum Gasteiger partial charge on any atom is -0.393 e. The van der Waals surface area contributed by atoms with Gasteiger partial charge < -0.3 is 10.8 Å². The average molecular weight is 209 g/mol. The fourth-order valence-corrected chi connectivity index (χ4v) is 2.25. The summed E-state index contributed by atoms with van der Waals surface area (Å²) in [6.45, 7) is 2.03. The third-order valence-electron chi connectivity index (χ3n) is 3.46. The smallest absolute Gasteiger partial charge is 0.123 e. The Kier molecular flexibility index (Phi) is 2.52. The number of aliphatic hydroxyl groups excluding tert-OH is 1. The molecule has 1 aromatic rings. The minimum atomic E-state index is -0.322. The molecule has 0 spiro atoms. The maximum atomic E-state index is 12.7. The SMILES string of the molecule is CC(c1ccc(F)cc1)C1(N)CC(O)C1. The molecule has 2 rings (SSSR count). The Morgan fingerprint density at radius 2 is 1.93 bits per heavy atom. The van der Waals surface area contributed by atoms with Crippen LogP contribution in [0.3, 0.4) is 0 Å². The van der Waals surface area contributed by atoms with Crippen LogP contribution in [-0.4, -0.2) is 16.7 Å². The maximum Gasteiger partial charge on any atom is 0.123 e. The average Bonchev–Trinajstić information content (AvgIpc) is 2.16. The fraction of sp³-hybridized carbons (Fsp3) is 0.500. The first-order valence-electron chi connectivity index (χ1n) is 5.24. The second-order valence-electron chi connectivity index (χ2n) is 4.57. The van der Waals surface area contributed by atoms with Crippen molar-refractivity contribution in [1.29, 1.82) is 0 Å². The van der Waals surface area contributed by atoms with Gasteiger partial charge in [-0.05, 0) is 36.5 Å². The van der Waals surface area contributed by atoms with Crippen molar-refractivity contribution in [3.8, 4) is 0 Å². The Bertz CT molecular complexity index is 343. The second kappa shape index (κ2) is 3.58. The predicted molar refractivity (Wildman–Crippen MR) is 57.0 cm³/mol. The molecule has 0 bridgehead atoms. The van der Waals surface area contributed by atoms with Gasteiger partial charge in [0.1, 0.15) is 5.82 Å². The van der Waals surface area contributed by atoms with Crippen LogP contribution in [0.15, 0.2) is 24.3 Å². The first kappa shape index (κ1) is 10.6. The van der Waals surface area contributed by atoms with Crippen molar-refractivity contribution in [2.75, 3.05) is 0 Å². The summed E-state index contributed by atoms with van der Waals surface area (Å²) in [5.41, 5.74) is 6.86. The number of halogens is 1.